The minimum Gasteiger partial charge on any atom is -0.303 e. The molecule has 1 fully saturated rings. The molecule has 21 heavy (non-hydrogen) atoms. The fraction of sp³-hybridized carbons (Fsp3) is 0.833. The number of aryl methyl sites for hydroxylation is 1. The molecule has 9 heteroatoms. The average molecular weight is 380 g/mol. The van der Waals surface area contributed by atoms with E-state index in [0.717, 1.165) is 19.6 Å². The van der Waals surface area contributed by atoms with Crippen LogP contribution in [0, 0.1) is 5.92 Å². The van der Waals surface area contributed by atoms with Gasteiger partial charge in [-0.05, 0) is 47.8 Å². The monoisotopic (exact) mass is 379 g/mol. The lowest BCUT2D eigenvalue weighted by molar-refractivity contribution is 0.201. The molecule has 0 amide bonds. The third-order valence-corrected chi connectivity index (χ3v) is 5.94. The fourth-order valence-electron chi connectivity index (χ4n) is 2.58. The maximum Gasteiger partial charge on any atom is 0.260 e. The SMILES string of the molecule is CC(CNS(=O)(=O)c1c(Br)nnn1C)CN1CCCCC1. The van der Waals surface area contributed by atoms with Crippen LogP contribution in [0.15, 0.2) is 9.63 Å². The van der Waals surface area contributed by atoms with E-state index in [4.69, 9.17) is 0 Å². The minimum absolute atomic E-state index is 0.0627. The normalized spacial score (nSPS) is 18.8. The molecule has 1 aliphatic heterocycles. The van der Waals surface area contributed by atoms with E-state index in [-0.39, 0.29) is 15.5 Å². The zero-order valence-corrected chi connectivity index (χ0v) is 14.8. The largest absolute Gasteiger partial charge is 0.303 e. The molecular weight excluding hydrogens is 358 g/mol. The van der Waals surface area contributed by atoms with E-state index in [0.29, 0.717) is 6.54 Å². The summed E-state index contributed by atoms with van der Waals surface area (Å²) < 4.78 is 28.7. The van der Waals surface area contributed by atoms with E-state index in [1.807, 2.05) is 0 Å². The van der Waals surface area contributed by atoms with Crippen molar-refractivity contribution in [1.82, 2.24) is 24.6 Å². The zero-order chi connectivity index (χ0) is 15.5. The molecule has 2 heterocycles. The van der Waals surface area contributed by atoms with Crippen molar-refractivity contribution >= 4 is 26.0 Å². The summed E-state index contributed by atoms with van der Waals surface area (Å²) >= 11 is 3.12. The van der Waals surface area contributed by atoms with E-state index in [9.17, 15) is 8.42 Å². The van der Waals surface area contributed by atoms with Gasteiger partial charge in [-0.2, -0.15) is 0 Å². The van der Waals surface area contributed by atoms with Crippen molar-refractivity contribution < 1.29 is 8.42 Å². The second-order valence-corrected chi connectivity index (χ2v) is 8.06. The molecule has 1 unspecified atom stereocenters. The third-order valence-electron chi connectivity index (χ3n) is 3.63. The first kappa shape index (κ1) is 16.9. The molecular formula is C12H22BrN5O2S. The Balaban J connectivity index is 1.89. The molecule has 1 aromatic rings. The molecule has 0 saturated carbocycles. The molecule has 1 saturated heterocycles. The lowest BCUT2D eigenvalue weighted by atomic mass is 10.1. The molecule has 1 aromatic heterocycles. The van der Waals surface area contributed by atoms with Gasteiger partial charge in [0.1, 0.15) is 0 Å². The number of likely N-dealkylation sites (tertiary alicyclic amines) is 1. The molecule has 1 N–H and O–H groups in total. The van der Waals surface area contributed by atoms with Crippen LogP contribution in [0.25, 0.3) is 0 Å². The van der Waals surface area contributed by atoms with E-state index in [1.165, 1.54) is 23.9 Å². The maximum absolute atomic E-state index is 12.3. The smallest absolute Gasteiger partial charge is 0.260 e. The summed E-state index contributed by atoms with van der Waals surface area (Å²) in [5.41, 5.74) is 0. The van der Waals surface area contributed by atoms with Crippen LogP contribution in [0.3, 0.4) is 0 Å². The molecule has 0 radical (unpaired) electrons. The van der Waals surface area contributed by atoms with Gasteiger partial charge in [-0.15, -0.1) is 5.10 Å². The Labute approximate surface area is 134 Å². The highest BCUT2D eigenvalue weighted by atomic mass is 79.9. The summed E-state index contributed by atoms with van der Waals surface area (Å²) in [5, 5.41) is 7.46. The van der Waals surface area contributed by atoms with E-state index < -0.39 is 10.0 Å². The van der Waals surface area contributed by atoms with Crippen molar-refractivity contribution in [2.24, 2.45) is 13.0 Å². The topological polar surface area (TPSA) is 80.1 Å². The van der Waals surface area contributed by atoms with Crippen molar-refractivity contribution in [3.05, 3.63) is 4.60 Å². The van der Waals surface area contributed by atoms with Gasteiger partial charge in [-0.3, -0.25) is 0 Å². The van der Waals surface area contributed by atoms with Crippen LogP contribution in [0.5, 0.6) is 0 Å². The van der Waals surface area contributed by atoms with Crippen LogP contribution in [0.4, 0.5) is 0 Å². The summed E-state index contributed by atoms with van der Waals surface area (Å²) in [6.45, 7) is 5.64. The summed E-state index contributed by atoms with van der Waals surface area (Å²) in [6, 6.07) is 0. The van der Waals surface area contributed by atoms with Gasteiger partial charge in [0.2, 0.25) is 5.03 Å². The van der Waals surface area contributed by atoms with Crippen molar-refractivity contribution in [2.75, 3.05) is 26.2 Å². The Morgan fingerprint density at radius 1 is 1.33 bits per heavy atom. The Kier molecular flexibility index (Phi) is 5.75. The standard InChI is InChI=1S/C12H22BrN5O2S/c1-10(9-18-6-4-3-5-7-18)8-14-21(19,20)12-11(13)15-16-17(12)2/h10,14H,3-9H2,1-2H3. The zero-order valence-electron chi connectivity index (χ0n) is 12.4. The molecule has 1 atom stereocenters. The highest BCUT2D eigenvalue weighted by Gasteiger charge is 2.24. The number of nitrogens with zero attached hydrogens (tertiary/aromatic N) is 4. The summed E-state index contributed by atoms with van der Waals surface area (Å²) in [4.78, 5) is 2.41. The van der Waals surface area contributed by atoms with Crippen LogP contribution in [0.2, 0.25) is 0 Å². The average Bonchev–Trinajstić information content (AvgIpc) is 2.78. The van der Waals surface area contributed by atoms with E-state index >= 15 is 0 Å². The predicted octanol–water partition coefficient (Wildman–Crippen LogP) is 0.978. The highest BCUT2D eigenvalue weighted by Crippen LogP contribution is 2.18. The third kappa shape index (κ3) is 4.48. The molecule has 0 aliphatic carbocycles. The van der Waals surface area contributed by atoms with E-state index in [1.54, 1.807) is 7.05 Å². The van der Waals surface area contributed by atoms with Gasteiger partial charge in [-0.1, -0.05) is 18.6 Å². The molecule has 0 spiro atoms. The molecule has 0 bridgehead atoms. The van der Waals surface area contributed by atoms with Crippen molar-refractivity contribution in [2.45, 2.75) is 31.2 Å². The molecule has 2 rings (SSSR count). The number of sulfonamides is 1. The molecule has 120 valence electrons. The van der Waals surface area contributed by atoms with Gasteiger partial charge in [0.25, 0.3) is 10.0 Å². The summed E-state index contributed by atoms with van der Waals surface area (Å²) in [6.07, 6.45) is 3.79. The quantitative estimate of drug-likeness (QED) is 0.796. The van der Waals surface area contributed by atoms with Crippen molar-refractivity contribution in [3.63, 3.8) is 0 Å². The van der Waals surface area contributed by atoms with Crippen LogP contribution >= 0.6 is 15.9 Å². The number of halogens is 1. The lowest BCUT2D eigenvalue weighted by Gasteiger charge is -2.29. The number of piperidine rings is 1. The summed E-state index contributed by atoms with van der Waals surface area (Å²) in [5.74, 6) is 0.262. The second-order valence-electron chi connectivity index (χ2n) is 5.63. The first-order chi connectivity index (χ1) is 9.90. The second kappa shape index (κ2) is 7.17. The van der Waals surface area contributed by atoms with Gasteiger partial charge in [0.15, 0.2) is 4.60 Å². The number of nitrogens with one attached hydrogen (secondary N) is 1. The summed E-state index contributed by atoms with van der Waals surface area (Å²) in [7, 11) is -2.03. The van der Waals surface area contributed by atoms with Crippen LogP contribution in [-0.2, 0) is 17.1 Å². The lowest BCUT2D eigenvalue weighted by Crippen LogP contribution is -2.38. The van der Waals surface area contributed by atoms with Gasteiger partial charge >= 0.3 is 0 Å². The van der Waals surface area contributed by atoms with Crippen LogP contribution in [-0.4, -0.2) is 54.5 Å². The molecule has 7 nitrogen and oxygen atoms in total. The van der Waals surface area contributed by atoms with Crippen molar-refractivity contribution in [1.29, 1.82) is 0 Å². The number of rotatable bonds is 6. The molecule has 0 aromatic carbocycles. The number of aromatic nitrogens is 3. The predicted molar refractivity (Wildman–Crippen MR) is 83.3 cm³/mol. The first-order valence-electron chi connectivity index (χ1n) is 7.17. The number of hydrogen-bond donors (Lipinski definition) is 1. The number of hydrogen-bond acceptors (Lipinski definition) is 5. The van der Waals surface area contributed by atoms with Gasteiger partial charge in [0.05, 0.1) is 0 Å². The Morgan fingerprint density at radius 2 is 2.00 bits per heavy atom. The highest BCUT2D eigenvalue weighted by molar-refractivity contribution is 9.10. The fourth-order valence-corrected chi connectivity index (χ4v) is 4.83. The van der Waals surface area contributed by atoms with Crippen LogP contribution in [0.1, 0.15) is 26.2 Å². The Morgan fingerprint density at radius 3 is 2.57 bits per heavy atom. The minimum atomic E-state index is -3.59. The van der Waals surface area contributed by atoms with Crippen molar-refractivity contribution in [3.8, 4) is 0 Å². The van der Waals surface area contributed by atoms with Crippen LogP contribution < -0.4 is 4.72 Å². The maximum atomic E-state index is 12.3. The first-order valence-corrected chi connectivity index (χ1v) is 9.45. The Hall–Kier alpha value is -0.510. The Bertz CT molecular complexity index is 549. The molecule has 1 aliphatic rings. The van der Waals surface area contributed by atoms with Gasteiger partial charge < -0.3 is 4.90 Å². The van der Waals surface area contributed by atoms with E-state index in [2.05, 4.69) is 42.8 Å². The van der Waals surface area contributed by atoms with Gasteiger partial charge in [-0.25, -0.2) is 17.8 Å². The van der Waals surface area contributed by atoms with Gasteiger partial charge in [0, 0.05) is 20.1 Å².